The molecule has 8 rings (SSSR count). The van der Waals surface area contributed by atoms with Crippen molar-refractivity contribution in [3.63, 3.8) is 0 Å². The number of halogens is 1. The number of phenolic OH excluding ortho intramolecular Hbond substituents is 1. The maximum Gasteiger partial charge on any atom is 0.233 e. The minimum Gasteiger partial charge on any atom is -0.507 e. The zero-order valence-electron chi connectivity index (χ0n) is 25.2. The molecule has 2 heterocycles. The second kappa shape index (κ2) is 11.3. The number of hydrogen-bond acceptors (Lipinski definition) is 6. The first-order valence-electron chi connectivity index (χ1n) is 16.0. The summed E-state index contributed by atoms with van der Waals surface area (Å²) < 4.78 is 0.211. The molecule has 0 saturated carbocycles. The van der Waals surface area contributed by atoms with Gasteiger partial charge in [-0.25, -0.2) is 0 Å². The standard InChI is InChI=1S/C38H33BrN2O5/c39-30-19-32(43)35-29(36(30)44)18-28-26(33(35)25-12-13-31(42)24-9-5-4-8-23(24)25)10-11-27-34(28)38(46)41(37(27)45)22-14-16-40(17-15-22)20-21-6-2-1-3-7-21/h1-10,12-13,19,22,27-28,33-34,42H,11,14-18,20H2/t27-,28+,33-,34-/m0/s1. The Labute approximate surface area is 275 Å². The van der Waals surface area contributed by atoms with Gasteiger partial charge in [0.15, 0.2) is 11.6 Å². The van der Waals surface area contributed by atoms with Gasteiger partial charge in [-0.15, -0.1) is 0 Å². The van der Waals surface area contributed by atoms with E-state index in [0.29, 0.717) is 23.0 Å². The van der Waals surface area contributed by atoms with Crippen molar-refractivity contribution >= 4 is 50.1 Å². The molecule has 2 aliphatic heterocycles. The molecule has 232 valence electrons. The Balaban J connectivity index is 1.14. The van der Waals surface area contributed by atoms with Crippen molar-refractivity contribution in [1.29, 1.82) is 0 Å². The van der Waals surface area contributed by atoms with Crippen LogP contribution in [0.1, 0.15) is 42.7 Å². The Morgan fingerprint density at radius 2 is 1.54 bits per heavy atom. The molecule has 0 bridgehead atoms. The predicted molar refractivity (Wildman–Crippen MR) is 177 cm³/mol. The average molecular weight is 678 g/mol. The monoisotopic (exact) mass is 676 g/mol. The number of nitrogens with zero attached hydrogens (tertiary/aromatic N) is 2. The minimum atomic E-state index is -0.581. The maximum atomic E-state index is 14.4. The third kappa shape index (κ3) is 4.56. The van der Waals surface area contributed by atoms with E-state index < -0.39 is 17.8 Å². The van der Waals surface area contributed by atoms with Gasteiger partial charge in [0.2, 0.25) is 11.8 Å². The number of phenols is 1. The number of carbonyl (C=O) groups excluding carboxylic acids is 4. The summed E-state index contributed by atoms with van der Waals surface area (Å²) in [4.78, 5) is 59.6. The van der Waals surface area contributed by atoms with Crippen molar-refractivity contribution < 1.29 is 24.3 Å². The molecule has 5 aliphatic rings. The van der Waals surface area contributed by atoms with Gasteiger partial charge in [0.05, 0.1) is 16.3 Å². The largest absolute Gasteiger partial charge is 0.507 e. The Hall–Kier alpha value is -4.14. The first kappa shape index (κ1) is 29.3. The van der Waals surface area contributed by atoms with Crippen LogP contribution < -0.4 is 0 Å². The molecule has 2 saturated heterocycles. The molecule has 0 spiro atoms. The first-order valence-corrected chi connectivity index (χ1v) is 16.8. The fourth-order valence-corrected chi connectivity index (χ4v) is 9.13. The van der Waals surface area contributed by atoms with Crippen LogP contribution in [0.3, 0.4) is 0 Å². The Morgan fingerprint density at radius 1 is 0.826 bits per heavy atom. The van der Waals surface area contributed by atoms with E-state index in [1.165, 1.54) is 11.6 Å². The highest BCUT2D eigenvalue weighted by molar-refractivity contribution is 9.12. The first-order chi connectivity index (χ1) is 22.3. The van der Waals surface area contributed by atoms with E-state index in [4.69, 9.17) is 0 Å². The van der Waals surface area contributed by atoms with Crippen LogP contribution in [0.25, 0.3) is 10.8 Å². The fraction of sp³-hybridized carbons (Fsp3) is 0.316. The number of amides is 2. The van der Waals surface area contributed by atoms with Crippen molar-refractivity contribution in [3.05, 3.63) is 111 Å². The number of aromatic hydroxyl groups is 1. The minimum absolute atomic E-state index is 0.106. The highest BCUT2D eigenvalue weighted by atomic mass is 79.9. The number of ketones is 2. The Kier molecular flexibility index (Phi) is 7.18. The van der Waals surface area contributed by atoms with Crippen LogP contribution in [0.15, 0.2) is 100 Å². The SMILES string of the molecule is O=C1C=C(Br)C(=O)C2=C1[C@@H](c1ccc(O)c3ccccc13)C1=CC[C@@H]3C(=O)N(C4CCN(Cc5ccccc5)CC4)C(=O)[C@@H]3[C@@H]1C2. The van der Waals surface area contributed by atoms with Gasteiger partial charge in [-0.1, -0.05) is 72.3 Å². The molecule has 7 nitrogen and oxygen atoms in total. The fourth-order valence-electron chi connectivity index (χ4n) is 8.68. The number of benzene rings is 3. The number of likely N-dealkylation sites (tertiary alicyclic amines) is 2. The van der Waals surface area contributed by atoms with Gasteiger partial charge in [0.25, 0.3) is 0 Å². The van der Waals surface area contributed by atoms with Crippen LogP contribution in [-0.4, -0.2) is 57.4 Å². The van der Waals surface area contributed by atoms with E-state index in [-0.39, 0.29) is 52.0 Å². The molecule has 8 heteroatoms. The van der Waals surface area contributed by atoms with E-state index in [0.717, 1.165) is 49.0 Å². The van der Waals surface area contributed by atoms with Crippen LogP contribution in [-0.2, 0) is 25.7 Å². The summed E-state index contributed by atoms with van der Waals surface area (Å²) in [6.07, 6.45) is 5.53. The molecule has 2 amide bonds. The number of carbonyl (C=O) groups is 4. The van der Waals surface area contributed by atoms with Gasteiger partial charge in [0, 0.05) is 54.2 Å². The van der Waals surface area contributed by atoms with Gasteiger partial charge in [-0.2, -0.15) is 0 Å². The Morgan fingerprint density at radius 3 is 2.30 bits per heavy atom. The van der Waals surface area contributed by atoms with E-state index >= 15 is 0 Å². The van der Waals surface area contributed by atoms with E-state index in [1.807, 2.05) is 48.5 Å². The zero-order valence-corrected chi connectivity index (χ0v) is 26.8. The number of rotatable bonds is 4. The highest BCUT2D eigenvalue weighted by Gasteiger charge is 2.57. The second-order valence-corrected chi connectivity index (χ2v) is 14.0. The third-order valence-electron chi connectivity index (χ3n) is 10.8. The van der Waals surface area contributed by atoms with Crippen molar-refractivity contribution in [3.8, 4) is 5.75 Å². The normalized spacial score (nSPS) is 27.0. The van der Waals surface area contributed by atoms with Crippen LogP contribution in [0.2, 0.25) is 0 Å². The van der Waals surface area contributed by atoms with Crippen molar-refractivity contribution in [2.45, 2.75) is 44.2 Å². The van der Waals surface area contributed by atoms with Gasteiger partial charge < -0.3 is 5.11 Å². The summed E-state index contributed by atoms with van der Waals surface area (Å²) in [7, 11) is 0. The lowest BCUT2D eigenvalue weighted by Crippen LogP contribution is -2.47. The zero-order chi connectivity index (χ0) is 31.7. The molecule has 3 aromatic carbocycles. The quantitative estimate of drug-likeness (QED) is 0.208. The summed E-state index contributed by atoms with van der Waals surface area (Å²) in [5.74, 6) is -2.60. The number of hydrogen-bond donors (Lipinski definition) is 1. The molecular formula is C38H33BrN2O5. The van der Waals surface area contributed by atoms with Crippen LogP contribution >= 0.6 is 15.9 Å². The van der Waals surface area contributed by atoms with Crippen molar-refractivity contribution in [2.24, 2.45) is 17.8 Å². The average Bonchev–Trinajstić information content (AvgIpc) is 3.33. The van der Waals surface area contributed by atoms with E-state index in [1.54, 1.807) is 11.0 Å². The van der Waals surface area contributed by atoms with Crippen LogP contribution in [0.5, 0.6) is 5.75 Å². The molecule has 0 radical (unpaired) electrons. The molecule has 1 N–H and O–H groups in total. The van der Waals surface area contributed by atoms with Gasteiger partial charge in [-0.05, 0) is 70.1 Å². The maximum absolute atomic E-state index is 14.4. The van der Waals surface area contributed by atoms with Crippen molar-refractivity contribution in [2.75, 3.05) is 13.1 Å². The summed E-state index contributed by atoms with van der Waals surface area (Å²) >= 11 is 3.31. The number of Topliss-reactive ketones (excluding diaryl/α,β-unsaturated/α-hetero) is 1. The molecule has 0 unspecified atom stereocenters. The highest BCUT2D eigenvalue weighted by Crippen LogP contribution is 2.56. The lowest BCUT2D eigenvalue weighted by molar-refractivity contribution is -0.144. The number of allylic oxidation sites excluding steroid dienone is 6. The smallest absolute Gasteiger partial charge is 0.233 e. The van der Waals surface area contributed by atoms with Gasteiger partial charge in [-0.3, -0.25) is 29.0 Å². The molecule has 4 atom stereocenters. The van der Waals surface area contributed by atoms with E-state index in [9.17, 15) is 24.3 Å². The lowest BCUT2D eigenvalue weighted by Gasteiger charge is -2.42. The summed E-state index contributed by atoms with van der Waals surface area (Å²) in [6.45, 7) is 2.46. The number of fused-ring (bicyclic) bond motifs is 4. The molecule has 46 heavy (non-hydrogen) atoms. The summed E-state index contributed by atoms with van der Waals surface area (Å²) in [5, 5.41) is 12.1. The Bertz CT molecular complexity index is 1920. The molecule has 2 fully saturated rings. The topological polar surface area (TPSA) is 95.0 Å². The number of piperidine rings is 1. The second-order valence-electron chi connectivity index (χ2n) is 13.2. The van der Waals surface area contributed by atoms with Gasteiger partial charge in [0.1, 0.15) is 5.75 Å². The molecule has 0 aromatic heterocycles. The summed E-state index contributed by atoms with van der Waals surface area (Å²) in [6, 6.07) is 21.1. The number of imide groups is 1. The van der Waals surface area contributed by atoms with Gasteiger partial charge >= 0.3 is 0 Å². The van der Waals surface area contributed by atoms with Crippen molar-refractivity contribution in [1.82, 2.24) is 9.80 Å². The summed E-state index contributed by atoms with van der Waals surface area (Å²) in [5.41, 5.74) is 3.83. The molecule has 3 aliphatic carbocycles. The lowest BCUT2D eigenvalue weighted by atomic mass is 9.59. The molecular weight excluding hydrogens is 644 g/mol. The van der Waals surface area contributed by atoms with Crippen LogP contribution in [0.4, 0.5) is 0 Å². The van der Waals surface area contributed by atoms with E-state index in [2.05, 4.69) is 39.0 Å². The van der Waals surface area contributed by atoms with Crippen LogP contribution in [0, 0.1) is 17.8 Å². The molecule has 3 aromatic rings. The predicted octanol–water partition coefficient (Wildman–Crippen LogP) is 5.97. The third-order valence-corrected chi connectivity index (χ3v) is 11.4.